The van der Waals surface area contributed by atoms with Crippen LogP contribution in [0, 0.1) is 12.8 Å². The van der Waals surface area contributed by atoms with Crippen molar-refractivity contribution in [2.75, 3.05) is 24.5 Å². The lowest BCUT2D eigenvalue weighted by Gasteiger charge is -2.22. The minimum absolute atomic E-state index is 0.0624. The van der Waals surface area contributed by atoms with Crippen molar-refractivity contribution in [3.63, 3.8) is 0 Å². The zero-order valence-corrected chi connectivity index (χ0v) is 14.1. The van der Waals surface area contributed by atoms with Gasteiger partial charge in [-0.1, -0.05) is 24.5 Å². The number of hydrogen-bond acceptors (Lipinski definition) is 3. The predicted octanol–water partition coefficient (Wildman–Crippen LogP) is 2.88. The first-order chi connectivity index (χ1) is 11.1. The number of aliphatic hydroxyl groups excluding tert-OH is 1. The first-order valence-electron chi connectivity index (χ1n) is 8.97. The molecule has 1 aromatic carbocycles. The highest BCUT2D eigenvalue weighted by atomic mass is 16.3. The van der Waals surface area contributed by atoms with Gasteiger partial charge in [0.25, 0.3) is 5.91 Å². The standard InChI is InChI=1S/C19H28N2O2/c1-14-8-9-17(21-10-4-5-11-21)16(12-14)19(23)20-13-18(22)15-6-2-3-7-15/h8-9,12,15,18,22H,2-7,10-11,13H2,1H3,(H,20,23). The summed E-state index contributed by atoms with van der Waals surface area (Å²) in [7, 11) is 0. The summed E-state index contributed by atoms with van der Waals surface area (Å²) in [6, 6.07) is 6.09. The molecule has 3 rings (SSSR count). The maximum Gasteiger partial charge on any atom is 0.253 e. The lowest BCUT2D eigenvalue weighted by Crippen LogP contribution is -2.36. The van der Waals surface area contributed by atoms with Crippen LogP contribution in [0.2, 0.25) is 0 Å². The lowest BCUT2D eigenvalue weighted by molar-refractivity contribution is 0.0841. The number of carbonyl (C=O) groups is 1. The fraction of sp³-hybridized carbons (Fsp3) is 0.632. The van der Waals surface area contributed by atoms with Gasteiger partial charge in [-0.15, -0.1) is 0 Å². The quantitative estimate of drug-likeness (QED) is 0.878. The molecular formula is C19H28N2O2. The molecule has 1 aliphatic carbocycles. The number of nitrogens with one attached hydrogen (secondary N) is 1. The number of amides is 1. The third kappa shape index (κ3) is 3.86. The molecule has 23 heavy (non-hydrogen) atoms. The van der Waals surface area contributed by atoms with Crippen molar-refractivity contribution in [1.29, 1.82) is 0 Å². The smallest absolute Gasteiger partial charge is 0.253 e. The maximum absolute atomic E-state index is 12.6. The molecule has 1 saturated carbocycles. The van der Waals surface area contributed by atoms with Gasteiger partial charge in [0.05, 0.1) is 11.7 Å². The van der Waals surface area contributed by atoms with Crippen LogP contribution in [-0.4, -0.2) is 36.8 Å². The molecule has 0 bridgehead atoms. The van der Waals surface area contributed by atoms with E-state index in [1.807, 2.05) is 13.0 Å². The topological polar surface area (TPSA) is 52.6 Å². The van der Waals surface area contributed by atoms with Crippen LogP contribution in [0.5, 0.6) is 0 Å². The second-order valence-electron chi connectivity index (χ2n) is 7.04. The van der Waals surface area contributed by atoms with Crippen molar-refractivity contribution < 1.29 is 9.90 Å². The van der Waals surface area contributed by atoms with E-state index < -0.39 is 6.10 Å². The van der Waals surface area contributed by atoms with Crippen molar-refractivity contribution in [2.24, 2.45) is 5.92 Å². The number of aliphatic hydroxyl groups is 1. The van der Waals surface area contributed by atoms with E-state index >= 15 is 0 Å². The largest absolute Gasteiger partial charge is 0.391 e. The minimum Gasteiger partial charge on any atom is -0.391 e. The molecule has 0 aromatic heterocycles. The van der Waals surface area contributed by atoms with E-state index in [-0.39, 0.29) is 5.91 Å². The fourth-order valence-corrected chi connectivity index (χ4v) is 3.87. The Kier molecular flexibility index (Phi) is 5.21. The number of carbonyl (C=O) groups excluding carboxylic acids is 1. The van der Waals surface area contributed by atoms with Gasteiger partial charge < -0.3 is 15.3 Å². The zero-order valence-electron chi connectivity index (χ0n) is 14.1. The molecule has 1 heterocycles. The molecule has 1 atom stereocenters. The minimum atomic E-state index is -0.415. The highest BCUT2D eigenvalue weighted by molar-refractivity contribution is 6.00. The van der Waals surface area contributed by atoms with Gasteiger partial charge in [-0.3, -0.25) is 4.79 Å². The molecule has 0 radical (unpaired) electrons. The number of hydrogen-bond donors (Lipinski definition) is 2. The van der Waals surface area contributed by atoms with Crippen LogP contribution in [0.15, 0.2) is 18.2 Å². The molecule has 4 nitrogen and oxygen atoms in total. The molecule has 1 aromatic rings. The van der Waals surface area contributed by atoms with Gasteiger partial charge in [-0.2, -0.15) is 0 Å². The summed E-state index contributed by atoms with van der Waals surface area (Å²) in [5, 5.41) is 13.2. The Bertz CT molecular complexity index is 546. The Labute approximate surface area is 138 Å². The summed E-state index contributed by atoms with van der Waals surface area (Å²) >= 11 is 0. The van der Waals surface area contributed by atoms with Crippen LogP contribution in [0.25, 0.3) is 0 Å². The van der Waals surface area contributed by atoms with Crippen molar-refractivity contribution in [2.45, 2.75) is 51.6 Å². The SMILES string of the molecule is Cc1ccc(N2CCCC2)c(C(=O)NCC(O)C2CCCC2)c1. The van der Waals surface area contributed by atoms with Crippen molar-refractivity contribution in [3.05, 3.63) is 29.3 Å². The van der Waals surface area contributed by atoms with Gasteiger partial charge in [0.1, 0.15) is 0 Å². The molecule has 2 fully saturated rings. The van der Waals surface area contributed by atoms with E-state index in [9.17, 15) is 9.90 Å². The van der Waals surface area contributed by atoms with E-state index in [1.165, 1.54) is 25.7 Å². The van der Waals surface area contributed by atoms with Gasteiger partial charge in [-0.05, 0) is 50.7 Å². The molecule has 2 aliphatic rings. The van der Waals surface area contributed by atoms with Crippen LogP contribution in [-0.2, 0) is 0 Å². The van der Waals surface area contributed by atoms with Crippen LogP contribution < -0.4 is 10.2 Å². The molecule has 4 heteroatoms. The molecule has 1 amide bonds. The summed E-state index contributed by atoms with van der Waals surface area (Å²) in [4.78, 5) is 14.9. The van der Waals surface area contributed by atoms with Gasteiger partial charge in [0.2, 0.25) is 0 Å². The highest BCUT2D eigenvalue weighted by Crippen LogP contribution is 2.28. The van der Waals surface area contributed by atoms with Gasteiger partial charge in [0.15, 0.2) is 0 Å². The van der Waals surface area contributed by atoms with Crippen molar-refractivity contribution in [3.8, 4) is 0 Å². The van der Waals surface area contributed by atoms with E-state index in [2.05, 4.69) is 22.3 Å². The summed E-state index contributed by atoms with van der Waals surface area (Å²) < 4.78 is 0. The first-order valence-corrected chi connectivity index (χ1v) is 8.97. The summed E-state index contributed by atoms with van der Waals surface area (Å²) in [6.45, 7) is 4.41. The number of anilines is 1. The van der Waals surface area contributed by atoms with Crippen molar-refractivity contribution >= 4 is 11.6 Å². The number of benzene rings is 1. The molecule has 0 spiro atoms. The Hall–Kier alpha value is -1.55. The van der Waals surface area contributed by atoms with Crippen LogP contribution in [0.3, 0.4) is 0 Å². The molecule has 1 unspecified atom stereocenters. The average molecular weight is 316 g/mol. The Morgan fingerprint density at radius 2 is 1.96 bits per heavy atom. The predicted molar refractivity (Wildman–Crippen MR) is 92.9 cm³/mol. The number of nitrogens with zero attached hydrogens (tertiary/aromatic N) is 1. The average Bonchev–Trinajstić information content (AvgIpc) is 3.25. The molecular weight excluding hydrogens is 288 g/mol. The normalized spacial score (nSPS) is 20.0. The molecule has 126 valence electrons. The van der Waals surface area contributed by atoms with Gasteiger partial charge in [0, 0.05) is 25.3 Å². The summed E-state index contributed by atoms with van der Waals surface area (Å²) in [6.07, 6.45) is 6.53. The van der Waals surface area contributed by atoms with Crippen LogP contribution >= 0.6 is 0 Å². The van der Waals surface area contributed by atoms with E-state index in [4.69, 9.17) is 0 Å². The zero-order chi connectivity index (χ0) is 16.2. The third-order valence-corrected chi connectivity index (χ3v) is 5.26. The van der Waals surface area contributed by atoms with Gasteiger partial charge in [-0.25, -0.2) is 0 Å². The second kappa shape index (κ2) is 7.35. The Morgan fingerprint density at radius 1 is 1.26 bits per heavy atom. The molecule has 2 N–H and O–H groups in total. The summed E-state index contributed by atoms with van der Waals surface area (Å²) in [5.41, 5.74) is 2.86. The summed E-state index contributed by atoms with van der Waals surface area (Å²) in [5.74, 6) is 0.290. The van der Waals surface area contributed by atoms with Crippen LogP contribution in [0.4, 0.5) is 5.69 Å². The van der Waals surface area contributed by atoms with Gasteiger partial charge >= 0.3 is 0 Å². The lowest BCUT2D eigenvalue weighted by atomic mass is 10.0. The fourth-order valence-electron chi connectivity index (χ4n) is 3.87. The van der Waals surface area contributed by atoms with E-state index in [0.717, 1.165) is 42.7 Å². The first kappa shape index (κ1) is 16.3. The number of aryl methyl sites for hydroxylation is 1. The second-order valence-corrected chi connectivity index (χ2v) is 7.04. The highest BCUT2D eigenvalue weighted by Gasteiger charge is 2.24. The number of rotatable bonds is 5. The Balaban J connectivity index is 1.67. The maximum atomic E-state index is 12.6. The van der Waals surface area contributed by atoms with E-state index in [0.29, 0.717) is 12.5 Å². The van der Waals surface area contributed by atoms with E-state index in [1.54, 1.807) is 0 Å². The van der Waals surface area contributed by atoms with Crippen molar-refractivity contribution in [1.82, 2.24) is 5.32 Å². The Morgan fingerprint density at radius 3 is 2.65 bits per heavy atom. The van der Waals surface area contributed by atoms with Crippen LogP contribution in [0.1, 0.15) is 54.4 Å². The molecule has 1 saturated heterocycles. The molecule has 1 aliphatic heterocycles. The monoisotopic (exact) mass is 316 g/mol. The third-order valence-electron chi connectivity index (χ3n) is 5.26.